The number of benzene rings is 1. The lowest BCUT2D eigenvalue weighted by Crippen LogP contribution is -2.26. The third kappa shape index (κ3) is 3.24. The second-order valence-electron chi connectivity index (χ2n) is 9.01. The topological polar surface area (TPSA) is 43.4 Å². The van der Waals surface area contributed by atoms with Crippen LogP contribution in [0.2, 0.25) is 0 Å². The first-order chi connectivity index (χ1) is 12.1. The van der Waals surface area contributed by atoms with Gasteiger partial charge in [0.1, 0.15) is 5.76 Å². The summed E-state index contributed by atoms with van der Waals surface area (Å²) in [5.74, 6) is 0.571. The highest BCUT2D eigenvalue weighted by atomic mass is 16.5. The van der Waals surface area contributed by atoms with E-state index < -0.39 is 5.41 Å². The smallest absolute Gasteiger partial charge is 0.316 e. The van der Waals surface area contributed by atoms with Gasteiger partial charge in [0.2, 0.25) is 0 Å². The van der Waals surface area contributed by atoms with Crippen LogP contribution in [0.4, 0.5) is 0 Å². The molecule has 0 bridgehead atoms. The average molecular weight is 354 g/mol. The Hall–Kier alpha value is -1.90. The van der Waals surface area contributed by atoms with E-state index in [4.69, 9.17) is 4.74 Å². The van der Waals surface area contributed by atoms with Gasteiger partial charge in [-0.3, -0.25) is 9.59 Å². The summed E-state index contributed by atoms with van der Waals surface area (Å²) in [6.45, 7) is 11.7. The minimum atomic E-state index is -0.592. The minimum absolute atomic E-state index is 0.0263. The van der Waals surface area contributed by atoms with Crippen molar-refractivity contribution in [1.82, 2.24) is 0 Å². The largest absolute Gasteiger partial charge is 0.430 e. The van der Waals surface area contributed by atoms with Crippen LogP contribution in [0.5, 0.6) is 0 Å². The normalized spacial score (nSPS) is 23.2. The van der Waals surface area contributed by atoms with Crippen molar-refractivity contribution in [3.05, 3.63) is 40.1 Å². The number of carbonyl (C=O) groups excluding carboxylic acids is 2. The molecule has 2 aliphatic rings. The number of esters is 1. The number of ketones is 1. The Bertz CT molecular complexity index is 769. The van der Waals surface area contributed by atoms with E-state index in [1.54, 1.807) is 0 Å². The van der Waals surface area contributed by atoms with Gasteiger partial charge in [0.05, 0.1) is 11.0 Å². The highest BCUT2D eigenvalue weighted by Gasteiger charge is 2.46. The number of carbonyl (C=O) groups is 2. The Morgan fingerprint density at radius 1 is 1.00 bits per heavy atom. The SMILES string of the molecule is Cc1cc(C)c(C2=C(OC(=O)C(C)(C)C)[C@@H]3CCCC[C@@H]3C2=O)c(C)c1. The van der Waals surface area contributed by atoms with Gasteiger partial charge in [-0.25, -0.2) is 0 Å². The summed E-state index contributed by atoms with van der Waals surface area (Å²) in [7, 11) is 0. The maximum absolute atomic E-state index is 13.3. The summed E-state index contributed by atoms with van der Waals surface area (Å²) in [5.41, 5.74) is 4.37. The van der Waals surface area contributed by atoms with Crippen LogP contribution < -0.4 is 0 Å². The summed E-state index contributed by atoms with van der Waals surface area (Å²) < 4.78 is 5.94. The number of allylic oxidation sites excluding steroid dienone is 2. The highest BCUT2D eigenvalue weighted by Crippen LogP contribution is 2.48. The molecule has 1 saturated carbocycles. The van der Waals surface area contributed by atoms with E-state index in [1.165, 1.54) is 5.56 Å². The van der Waals surface area contributed by atoms with Crippen LogP contribution in [0.15, 0.2) is 17.9 Å². The van der Waals surface area contributed by atoms with E-state index in [0.717, 1.165) is 42.4 Å². The van der Waals surface area contributed by atoms with Crippen molar-refractivity contribution in [2.24, 2.45) is 17.3 Å². The predicted octanol–water partition coefficient (Wildman–Crippen LogP) is 5.30. The van der Waals surface area contributed by atoms with E-state index in [0.29, 0.717) is 11.3 Å². The van der Waals surface area contributed by atoms with Crippen LogP contribution in [-0.4, -0.2) is 11.8 Å². The number of rotatable bonds is 2. The van der Waals surface area contributed by atoms with Crippen LogP contribution in [0.1, 0.15) is 68.7 Å². The zero-order valence-electron chi connectivity index (χ0n) is 16.9. The number of ether oxygens (including phenoxy) is 1. The average Bonchev–Trinajstić information content (AvgIpc) is 2.79. The number of aryl methyl sites for hydroxylation is 3. The lowest BCUT2D eigenvalue weighted by Gasteiger charge is -2.27. The molecule has 26 heavy (non-hydrogen) atoms. The van der Waals surface area contributed by atoms with E-state index in [9.17, 15) is 9.59 Å². The second-order valence-corrected chi connectivity index (χ2v) is 9.01. The number of hydrogen-bond acceptors (Lipinski definition) is 3. The Kier molecular flexibility index (Phi) is 4.85. The summed E-state index contributed by atoms with van der Waals surface area (Å²) in [6.07, 6.45) is 3.99. The van der Waals surface area contributed by atoms with Crippen molar-refractivity contribution in [1.29, 1.82) is 0 Å². The molecule has 3 heteroatoms. The quantitative estimate of drug-likeness (QED) is 0.677. The molecule has 1 fully saturated rings. The molecule has 0 spiro atoms. The van der Waals surface area contributed by atoms with Crippen molar-refractivity contribution in [3.63, 3.8) is 0 Å². The van der Waals surface area contributed by atoms with Crippen LogP contribution in [0, 0.1) is 38.0 Å². The van der Waals surface area contributed by atoms with Crippen LogP contribution in [0.25, 0.3) is 5.57 Å². The first-order valence-corrected chi connectivity index (χ1v) is 9.70. The summed E-state index contributed by atoms with van der Waals surface area (Å²) in [5, 5.41) is 0. The van der Waals surface area contributed by atoms with Crippen LogP contribution in [-0.2, 0) is 14.3 Å². The molecule has 140 valence electrons. The Balaban J connectivity index is 2.17. The van der Waals surface area contributed by atoms with Crippen LogP contribution in [0.3, 0.4) is 0 Å². The zero-order valence-corrected chi connectivity index (χ0v) is 16.9. The van der Waals surface area contributed by atoms with E-state index >= 15 is 0 Å². The van der Waals surface area contributed by atoms with E-state index in [2.05, 4.69) is 19.1 Å². The fraction of sp³-hybridized carbons (Fsp3) is 0.565. The van der Waals surface area contributed by atoms with Crippen molar-refractivity contribution in [2.75, 3.05) is 0 Å². The van der Waals surface area contributed by atoms with E-state index in [1.807, 2.05) is 34.6 Å². The summed E-state index contributed by atoms with van der Waals surface area (Å²) in [6, 6.07) is 4.21. The number of hydrogen-bond donors (Lipinski definition) is 0. The number of Topliss-reactive ketones (excluding diaryl/α,β-unsaturated/α-hetero) is 1. The monoisotopic (exact) mass is 354 g/mol. The first-order valence-electron chi connectivity index (χ1n) is 9.70. The lowest BCUT2D eigenvalue weighted by atomic mass is 9.80. The van der Waals surface area contributed by atoms with Gasteiger partial charge >= 0.3 is 5.97 Å². The standard InChI is InChI=1S/C23H30O3/c1-13-11-14(2)18(15(3)12-13)19-20(24)16-9-7-8-10-17(16)21(19)26-22(25)23(4,5)6/h11-12,16-17H,7-10H2,1-6H3/t16-,17+/m0/s1. The maximum Gasteiger partial charge on any atom is 0.316 e. The second kappa shape index (κ2) is 6.68. The first kappa shape index (κ1) is 18.9. The molecular weight excluding hydrogens is 324 g/mol. The third-order valence-corrected chi connectivity index (χ3v) is 5.67. The molecule has 2 aliphatic carbocycles. The van der Waals surface area contributed by atoms with Crippen molar-refractivity contribution in [2.45, 2.75) is 67.2 Å². The molecular formula is C23H30O3. The van der Waals surface area contributed by atoms with Gasteiger partial charge in [0, 0.05) is 11.8 Å². The summed E-state index contributed by atoms with van der Waals surface area (Å²) in [4.78, 5) is 26.0. The predicted molar refractivity (Wildman–Crippen MR) is 104 cm³/mol. The lowest BCUT2D eigenvalue weighted by molar-refractivity contribution is -0.149. The molecule has 0 N–H and O–H groups in total. The molecule has 2 atom stereocenters. The molecule has 0 saturated heterocycles. The molecule has 0 heterocycles. The molecule has 1 aromatic carbocycles. The molecule has 3 rings (SSSR count). The molecule has 0 radical (unpaired) electrons. The van der Waals surface area contributed by atoms with Gasteiger partial charge in [-0.1, -0.05) is 30.5 Å². The van der Waals surface area contributed by atoms with Crippen molar-refractivity contribution >= 4 is 17.3 Å². The fourth-order valence-corrected chi connectivity index (χ4v) is 4.45. The van der Waals surface area contributed by atoms with Gasteiger partial charge < -0.3 is 4.74 Å². The Morgan fingerprint density at radius 2 is 1.54 bits per heavy atom. The van der Waals surface area contributed by atoms with Gasteiger partial charge in [0.15, 0.2) is 5.78 Å². The van der Waals surface area contributed by atoms with Crippen molar-refractivity contribution in [3.8, 4) is 0 Å². The summed E-state index contributed by atoms with van der Waals surface area (Å²) >= 11 is 0. The molecule has 3 nitrogen and oxygen atoms in total. The third-order valence-electron chi connectivity index (χ3n) is 5.67. The van der Waals surface area contributed by atoms with Crippen molar-refractivity contribution < 1.29 is 14.3 Å². The Morgan fingerprint density at radius 3 is 2.08 bits per heavy atom. The molecule has 0 amide bonds. The Labute approximate surface area is 156 Å². The van der Waals surface area contributed by atoms with Gasteiger partial charge in [0.25, 0.3) is 0 Å². The maximum atomic E-state index is 13.3. The molecule has 1 aromatic rings. The number of fused-ring (bicyclic) bond motifs is 1. The highest BCUT2D eigenvalue weighted by molar-refractivity contribution is 6.25. The fourth-order valence-electron chi connectivity index (χ4n) is 4.45. The zero-order chi connectivity index (χ0) is 19.2. The van der Waals surface area contributed by atoms with E-state index in [-0.39, 0.29) is 23.6 Å². The van der Waals surface area contributed by atoms with Gasteiger partial charge in [-0.15, -0.1) is 0 Å². The molecule has 0 aromatic heterocycles. The van der Waals surface area contributed by atoms with Gasteiger partial charge in [-0.2, -0.15) is 0 Å². The molecule has 0 unspecified atom stereocenters. The van der Waals surface area contributed by atoms with Crippen LogP contribution >= 0.6 is 0 Å². The minimum Gasteiger partial charge on any atom is -0.430 e. The molecule has 0 aliphatic heterocycles. The van der Waals surface area contributed by atoms with Gasteiger partial charge in [-0.05, 0) is 71.1 Å².